The zero-order chi connectivity index (χ0) is 22.8. The highest BCUT2D eigenvalue weighted by Gasteiger charge is 2.51. The summed E-state index contributed by atoms with van der Waals surface area (Å²) in [5.41, 5.74) is -0.564. The summed E-state index contributed by atoms with van der Waals surface area (Å²) in [4.78, 5) is 46.0. The van der Waals surface area contributed by atoms with Gasteiger partial charge in [0.2, 0.25) is 11.9 Å². The average molecular weight is 459 g/mol. The Morgan fingerprint density at radius 3 is 2.38 bits per heavy atom. The molecule has 2 heterocycles. The summed E-state index contributed by atoms with van der Waals surface area (Å²) in [6, 6.07) is 6.43. The lowest BCUT2D eigenvalue weighted by Gasteiger charge is -2.30. The van der Waals surface area contributed by atoms with Crippen molar-refractivity contribution in [1.29, 1.82) is 0 Å². The minimum absolute atomic E-state index is 0.0451. The third-order valence-electron chi connectivity index (χ3n) is 5.49. The monoisotopic (exact) mass is 458 g/mol. The van der Waals surface area contributed by atoms with Crippen LogP contribution in [0.4, 0.5) is 16.4 Å². The lowest BCUT2D eigenvalue weighted by Crippen LogP contribution is -2.48. The summed E-state index contributed by atoms with van der Waals surface area (Å²) in [5.74, 6) is -0.991. The molecule has 168 valence electrons. The van der Waals surface area contributed by atoms with E-state index in [1.165, 1.54) is 36.7 Å². The molecule has 2 aromatic rings. The fraction of sp³-hybridized carbons (Fsp3) is 0.350. The molecule has 2 fully saturated rings. The number of aromatic nitrogens is 2. The van der Waals surface area contributed by atoms with E-state index in [9.17, 15) is 22.8 Å². The normalized spacial score (nSPS) is 17.8. The Kier molecular flexibility index (Phi) is 5.78. The molecule has 1 saturated heterocycles. The van der Waals surface area contributed by atoms with Crippen LogP contribution in [-0.4, -0.2) is 53.2 Å². The molecule has 1 aromatic carbocycles. The summed E-state index contributed by atoms with van der Waals surface area (Å²) in [6.45, 7) is -0.417. The van der Waals surface area contributed by atoms with Gasteiger partial charge < -0.3 is 10.6 Å². The number of nitrogens with zero attached hydrogens (tertiary/aromatic N) is 3. The maximum absolute atomic E-state index is 12.8. The van der Waals surface area contributed by atoms with E-state index < -0.39 is 34.0 Å². The molecule has 0 bridgehead atoms. The summed E-state index contributed by atoms with van der Waals surface area (Å²) in [5, 5.41) is 5.33. The second-order valence-corrected chi connectivity index (χ2v) is 9.40. The third-order valence-corrected chi connectivity index (χ3v) is 6.84. The van der Waals surface area contributed by atoms with Gasteiger partial charge in [-0.1, -0.05) is 19.3 Å². The van der Waals surface area contributed by atoms with Crippen molar-refractivity contribution < 1.29 is 22.8 Å². The number of carbonyl (C=O) groups is 3. The third kappa shape index (κ3) is 4.40. The number of urea groups is 1. The van der Waals surface area contributed by atoms with Crippen LogP contribution in [0.25, 0.3) is 0 Å². The van der Waals surface area contributed by atoms with E-state index in [4.69, 9.17) is 0 Å². The Morgan fingerprint density at radius 2 is 1.72 bits per heavy atom. The van der Waals surface area contributed by atoms with Crippen LogP contribution in [0.15, 0.2) is 47.6 Å². The number of carbonyl (C=O) groups excluding carboxylic acids is 3. The highest BCUT2D eigenvalue weighted by molar-refractivity contribution is 7.92. The summed E-state index contributed by atoms with van der Waals surface area (Å²) in [6.07, 6.45) is 6.70. The molecule has 0 atom stereocenters. The SMILES string of the molecule is O=C(CN1C(=O)NC2(CCCCC2)C1=O)Nc1ccc(S(=O)(=O)Nc2ncccn2)cc1. The van der Waals surface area contributed by atoms with Gasteiger partial charge in [-0.25, -0.2) is 27.9 Å². The average Bonchev–Trinajstić information content (AvgIpc) is 2.99. The summed E-state index contributed by atoms with van der Waals surface area (Å²) >= 11 is 0. The molecule has 32 heavy (non-hydrogen) atoms. The quantitative estimate of drug-likeness (QED) is 0.555. The molecule has 4 rings (SSSR count). The van der Waals surface area contributed by atoms with Crippen molar-refractivity contribution in [2.75, 3.05) is 16.6 Å². The van der Waals surface area contributed by atoms with Crippen LogP contribution in [0.3, 0.4) is 0 Å². The van der Waals surface area contributed by atoms with Gasteiger partial charge in [0.25, 0.3) is 15.9 Å². The maximum Gasteiger partial charge on any atom is 0.325 e. The molecule has 1 aliphatic heterocycles. The number of hydrogen-bond donors (Lipinski definition) is 3. The molecule has 1 aliphatic carbocycles. The first-order valence-corrected chi connectivity index (χ1v) is 11.6. The van der Waals surface area contributed by atoms with Crippen LogP contribution in [0.2, 0.25) is 0 Å². The van der Waals surface area contributed by atoms with Gasteiger partial charge in [0.05, 0.1) is 4.90 Å². The lowest BCUT2D eigenvalue weighted by atomic mass is 9.82. The molecule has 2 aliphatic rings. The highest BCUT2D eigenvalue weighted by atomic mass is 32.2. The van der Waals surface area contributed by atoms with Crippen molar-refractivity contribution in [3.63, 3.8) is 0 Å². The van der Waals surface area contributed by atoms with Crippen molar-refractivity contribution in [2.24, 2.45) is 0 Å². The molecule has 12 heteroatoms. The Hall–Kier alpha value is -3.54. The van der Waals surface area contributed by atoms with E-state index in [0.29, 0.717) is 18.5 Å². The largest absolute Gasteiger partial charge is 0.325 e. The first kappa shape index (κ1) is 21.7. The van der Waals surface area contributed by atoms with Crippen LogP contribution in [-0.2, 0) is 19.6 Å². The van der Waals surface area contributed by atoms with Gasteiger partial charge in [0, 0.05) is 18.1 Å². The molecular weight excluding hydrogens is 436 g/mol. The van der Waals surface area contributed by atoms with E-state index in [-0.39, 0.29) is 16.8 Å². The van der Waals surface area contributed by atoms with Crippen LogP contribution in [0.5, 0.6) is 0 Å². The minimum atomic E-state index is -3.90. The van der Waals surface area contributed by atoms with Gasteiger partial charge in [-0.3, -0.25) is 14.5 Å². The van der Waals surface area contributed by atoms with Crippen LogP contribution in [0.1, 0.15) is 32.1 Å². The molecular formula is C20H22N6O5S. The molecule has 1 saturated carbocycles. The number of anilines is 2. The van der Waals surface area contributed by atoms with Gasteiger partial charge in [-0.15, -0.1) is 0 Å². The molecule has 0 radical (unpaired) electrons. The molecule has 11 nitrogen and oxygen atoms in total. The molecule has 0 unspecified atom stereocenters. The predicted molar refractivity (Wildman–Crippen MR) is 114 cm³/mol. The van der Waals surface area contributed by atoms with E-state index in [1.807, 2.05) is 0 Å². The Labute approximate surface area is 184 Å². The number of sulfonamides is 1. The van der Waals surface area contributed by atoms with Gasteiger partial charge >= 0.3 is 6.03 Å². The van der Waals surface area contributed by atoms with Crippen molar-refractivity contribution in [1.82, 2.24) is 20.2 Å². The van der Waals surface area contributed by atoms with Crippen molar-refractivity contribution >= 4 is 39.5 Å². The topological polar surface area (TPSA) is 150 Å². The number of hydrogen-bond acceptors (Lipinski definition) is 7. The zero-order valence-corrected chi connectivity index (χ0v) is 17.9. The molecule has 4 amide bonds. The Balaban J connectivity index is 1.38. The Bertz CT molecular complexity index is 1130. The fourth-order valence-electron chi connectivity index (χ4n) is 3.91. The van der Waals surface area contributed by atoms with Gasteiger partial charge in [0.15, 0.2) is 0 Å². The van der Waals surface area contributed by atoms with Gasteiger partial charge in [-0.2, -0.15) is 0 Å². The first-order valence-electron chi connectivity index (χ1n) is 10.1. The second kappa shape index (κ2) is 8.54. The van der Waals surface area contributed by atoms with Crippen LogP contribution in [0, 0.1) is 0 Å². The van der Waals surface area contributed by atoms with E-state index in [2.05, 4.69) is 25.3 Å². The van der Waals surface area contributed by atoms with Crippen molar-refractivity contribution in [2.45, 2.75) is 42.5 Å². The number of benzene rings is 1. The smallest absolute Gasteiger partial charge is 0.325 e. The lowest BCUT2D eigenvalue weighted by molar-refractivity contribution is -0.134. The van der Waals surface area contributed by atoms with Gasteiger partial charge in [-0.05, 0) is 43.2 Å². The zero-order valence-electron chi connectivity index (χ0n) is 17.1. The van der Waals surface area contributed by atoms with Crippen LogP contribution >= 0.6 is 0 Å². The summed E-state index contributed by atoms with van der Waals surface area (Å²) in [7, 11) is -3.90. The molecule has 1 aromatic heterocycles. The Morgan fingerprint density at radius 1 is 1.06 bits per heavy atom. The second-order valence-electron chi connectivity index (χ2n) is 7.71. The van der Waals surface area contributed by atoms with Crippen molar-refractivity contribution in [3.8, 4) is 0 Å². The standard InChI is InChI=1S/C20H22N6O5S/c27-16(13-26-17(28)20(24-19(26)29)9-2-1-3-10-20)23-14-5-7-15(8-6-14)32(30,31)25-18-21-11-4-12-22-18/h4-8,11-12H,1-3,9-10,13H2,(H,23,27)(H,24,29)(H,21,22,25). The van der Waals surface area contributed by atoms with Gasteiger partial charge in [0.1, 0.15) is 12.1 Å². The number of amides is 4. The highest BCUT2D eigenvalue weighted by Crippen LogP contribution is 2.33. The predicted octanol–water partition coefficient (Wildman–Crippen LogP) is 1.47. The number of nitrogens with one attached hydrogen (secondary N) is 3. The fourth-order valence-corrected chi connectivity index (χ4v) is 4.86. The van der Waals surface area contributed by atoms with E-state index >= 15 is 0 Å². The van der Waals surface area contributed by atoms with Crippen LogP contribution < -0.4 is 15.4 Å². The number of rotatable bonds is 6. The number of imide groups is 1. The van der Waals surface area contributed by atoms with Crippen molar-refractivity contribution in [3.05, 3.63) is 42.7 Å². The van der Waals surface area contributed by atoms with E-state index in [1.54, 1.807) is 6.07 Å². The summed E-state index contributed by atoms with van der Waals surface area (Å²) < 4.78 is 27.1. The molecule has 3 N–H and O–H groups in total. The first-order chi connectivity index (χ1) is 15.3. The minimum Gasteiger partial charge on any atom is -0.325 e. The molecule has 1 spiro atoms. The maximum atomic E-state index is 12.8. The van der Waals surface area contributed by atoms with E-state index in [0.717, 1.165) is 24.2 Å².